The molecule has 0 aromatic rings. The summed E-state index contributed by atoms with van der Waals surface area (Å²) in [5, 5.41) is 0. The molecule has 0 rings (SSSR count). The maximum atomic E-state index is 5.77. The molecule has 2 nitrogen and oxygen atoms in total. The summed E-state index contributed by atoms with van der Waals surface area (Å²) >= 11 is 0. The van der Waals surface area contributed by atoms with E-state index in [0.717, 1.165) is 18.4 Å². The molecule has 0 aromatic heterocycles. The zero-order valence-corrected chi connectivity index (χ0v) is 12.9. The van der Waals surface area contributed by atoms with Crippen LogP contribution in [-0.4, -0.2) is 31.1 Å². The molecule has 2 N–H and O–H groups in total. The Kier molecular flexibility index (Phi) is 8.06. The first-order valence-corrected chi connectivity index (χ1v) is 7.19. The van der Waals surface area contributed by atoms with Crippen LogP contribution in [0.1, 0.15) is 54.4 Å². The first-order valence-electron chi connectivity index (χ1n) is 7.19. The smallest absolute Gasteiger partial charge is 0.000449 e. The number of rotatable bonds is 9. The van der Waals surface area contributed by atoms with Crippen molar-refractivity contribution in [1.29, 1.82) is 0 Å². The van der Waals surface area contributed by atoms with Gasteiger partial charge >= 0.3 is 0 Å². The van der Waals surface area contributed by atoms with Gasteiger partial charge in [0.15, 0.2) is 0 Å². The highest BCUT2D eigenvalue weighted by Crippen LogP contribution is 2.20. The van der Waals surface area contributed by atoms with Crippen molar-refractivity contribution in [1.82, 2.24) is 4.90 Å². The van der Waals surface area contributed by atoms with Crippen LogP contribution in [-0.2, 0) is 0 Å². The van der Waals surface area contributed by atoms with Gasteiger partial charge in [-0.05, 0) is 43.2 Å². The number of nitrogens with two attached hydrogens (primary N) is 1. The van der Waals surface area contributed by atoms with Crippen molar-refractivity contribution in [2.75, 3.05) is 26.2 Å². The minimum absolute atomic E-state index is 0.307. The molecule has 0 radical (unpaired) electrons. The predicted octanol–water partition coefficient (Wildman–Crippen LogP) is 3.37. The zero-order chi connectivity index (χ0) is 13.5. The van der Waals surface area contributed by atoms with Crippen LogP contribution < -0.4 is 5.73 Å². The highest BCUT2D eigenvalue weighted by atomic mass is 15.1. The summed E-state index contributed by atoms with van der Waals surface area (Å²) in [4.78, 5) is 2.61. The van der Waals surface area contributed by atoms with E-state index in [1.807, 2.05) is 0 Å². The lowest BCUT2D eigenvalue weighted by Crippen LogP contribution is -2.33. The molecule has 0 aliphatic heterocycles. The second kappa shape index (κ2) is 8.10. The van der Waals surface area contributed by atoms with Gasteiger partial charge in [-0.3, -0.25) is 0 Å². The lowest BCUT2D eigenvalue weighted by molar-refractivity contribution is 0.202. The molecular weight excluding hydrogens is 208 g/mol. The van der Waals surface area contributed by atoms with E-state index in [1.54, 1.807) is 0 Å². The monoisotopic (exact) mass is 242 g/mol. The highest BCUT2D eigenvalue weighted by Gasteiger charge is 2.16. The quantitative estimate of drug-likeness (QED) is 0.672. The van der Waals surface area contributed by atoms with Gasteiger partial charge in [0, 0.05) is 13.1 Å². The van der Waals surface area contributed by atoms with Gasteiger partial charge in [0.1, 0.15) is 0 Å². The lowest BCUT2D eigenvalue weighted by Gasteiger charge is -2.28. The van der Waals surface area contributed by atoms with Crippen LogP contribution >= 0.6 is 0 Å². The normalized spacial score (nSPS) is 13.1. The predicted molar refractivity (Wildman–Crippen MR) is 78.2 cm³/mol. The van der Waals surface area contributed by atoms with Crippen LogP contribution in [0.25, 0.3) is 0 Å². The van der Waals surface area contributed by atoms with Crippen LogP contribution in [0.5, 0.6) is 0 Å². The number of nitrogens with zero attached hydrogens (tertiary/aromatic N) is 1. The molecule has 0 saturated heterocycles. The van der Waals surface area contributed by atoms with E-state index in [1.165, 1.54) is 32.5 Å². The van der Waals surface area contributed by atoms with E-state index in [4.69, 9.17) is 5.73 Å². The largest absolute Gasteiger partial charge is 0.330 e. The Labute approximate surface area is 109 Å². The fourth-order valence-electron chi connectivity index (χ4n) is 2.17. The van der Waals surface area contributed by atoms with Crippen molar-refractivity contribution in [3.63, 3.8) is 0 Å². The fraction of sp³-hybridized carbons (Fsp3) is 1.00. The van der Waals surface area contributed by atoms with Gasteiger partial charge < -0.3 is 10.6 Å². The molecule has 0 aromatic carbocycles. The molecule has 0 unspecified atom stereocenters. The van der Waals surface area contributed by atoms with Gasteiger partial charge in [0.25, 0.3) is 0 Å². The van der Waals surface area contributed by atoms with Gasteiger partial charge in [-0.2, -0.15) is 0 Å². The van der Waals surface area contributed by atoms with E-state index in [-0.39, 0.29) is 0 Å². The summed E-state index contributed by atoms with van der Waals surface area (Å²) in [7, 11) is 0. The first kappa shape index (κ1) is 16.9. The molecule has 0 aliphatic carbocycles. The SMILES string of the molecule is CC(C)CN(CCCC(C)(C)CN)CC(C)C. The third-order valence-corrected chi connectivity index (χ3v) is 3.13. The van der Waals surface area contributed by atoms with Gasteiger partial charge in [-0.15, -0.1) is 0 Å². The van der Waals surface area contributed by atoms with E-state index in [0.29, 0.717) is 5.41 Å². The van der Waals surface area contributed by atoms with Crippen molar-refractivity contribution in [2.24, 2.45) is 23.0 Å². The summed E-state index contributed by atoms with van der Waals surface area (Å²) < 4.78 is 0. The molecule has 17 heavy (non-hydrogen) atoms. The van der Waals surface area contributed by atoms with Crippen LogP contribution in [0, 0.1) is 17.3 Å². The lowest BCUT2D eigenvalue weighted by atomic mass is 9.88. The van der Waals surface area contributed by atoms with Crippen molar-refractivity contribution < 1.29 is 0 Å². The van der Waals surface area contributed by atoms with E-state index < -0.39 is 0 Å². The third kappa shape index (κ3) is 9.61. The molecule has 0 fully saturated rings. The van der Waals surface area contributed by atoms with Crippen LogP contribution in [0.2, 0.25) is 0 Å². The van der Waals surface area contributed by atoms with E-state index >= 15 is 0 Å². The Morgan fingerprint density at radius 1 is 1.00 bits per heavy atom. The molecule has 0 bridgehead atoms. The number of hydrogen-bond donors (Lipinski definition) is 1. The Morgan fingerprint density at radius 2 is 1.47 bits per heavy atom. The van der Waals surface area contributed by atoms with Gasteiger partial charge in [-0.1, -0.05) is 41.5 Å². The summed E-state index contributed by atoms with van der Waals surface area (Å²) in [6, 6.07) is 0. The van der Waals surface area contributed by atoms with Crippen molar-refractivity contribution in [3.05, 3.63) is 0 Å². The Bertz CT molecular complexity index is 175. The maximum absolute atomic E-state index is 5.77. The van der Waals surface area contributed by atoms with Gasteiger partial charge in [0.05, 0.1) is 0 Å². The molecule has 104 valence electrons. The van der Waals surface area contributed by atoms with Gasteiger partial charge in [0.2, 0.25) is 0 Å². The van der Waals surface area contributed by atoms with E-state index in [2.05, 4.69) is 46.4 Å². The summed E-state index contributed by atoms with van der Waals surface area (Å²) in [5.74, 6) is 1.52. The van der Waals surface area contributed by atoms with Crippen LogP contribution in [0.15, 0.2) is 0 Å². The molecule has 0 aliphatic rings. The highest BCUT2D eigenvalue weighted by molar-refractivity contribution is 4.71. The summed E-state index contributed by atoms with van der Waals surface area (Å²) in [6.07, 6.45) is 2.50. The zero-order valence-electron chi connectivity index (χ0n) is 12.9. The molecule has 0 saturated carbocycles. The average Bonchev–Trinajstić information content (AvgIpc) is 2.15. The molecule has 2 heteroatoms. The topological polar surface area (TPSA) is 29.3 Å². The fourth-order valence-corrected chi connectivity index (χ4v) is 2.17. The van der Waals surface area contributed by atoms with Gasteiger partial charge in [-0.25, -0.2) is 0 Å². The molecular formula is C15H34N2. The second-order valence-corrected chi connectivity index (χ2v) is 7.02. The molecule has 0 amide bonds. The van der Waals surface area contributed by atoms with Crippen LogP contribution in [0.4, 0.5) is 0 Å². The Morgan fingerprint density at radius 3 is 1.82 bits per heavy atom. The van der Waals surface area contributed by atoms with Crippen molar-refractivity contribution >= 4 is 0 Å². The Hall–Kier alpha value is -0.0800. The summed E-state index contributed by atoms with van der Waals surface area (Å²) in [5.41, 5.74) is 6.08. The average molecular weight is 242 g/mol. The Balaban J connectivity index is 3.99. The van der Waals surface area contributed by atoms with E-state index in [9.17, 15) is 0 Å². The summed E-state index contributed by atoms with van der Waals surface area (Å²) in [6.45, 7) is 18.2. The first-order chi connectivity index (χ1) is 7.76. The minimum Gasteiger partial charge on any atom is -0.330 e. The second-order valence-electron chi connectivity index (χ2n) is 7.02. The number of hydrogen-bond acceptors (Lipinski definition) is 2. The van der Waals surface area contributed by atoms with Crippen molar-refractivity contribution in [2.45, 2.75) is 54.4 Å². The maximum Gasteiger partial charge on any atom is 0.000449 e. The molecule has 0 atom stereocenters. The van der Waals surface area contributed by atoms with Crippen LogP contribution in [0.3, 0.4) is 0 Å². The minimum atomic E-state index is 0.307. The van der Waals surface area contributed by atoms with Crippen molar-refractivity contribution in [3.8, 4) is 0 Å². The molecule has 0 heterocycles. The molecule has 0 spiro atoms. The third-order valence-electron chi connectivity index (χ3n) is 3.13. The standard InChI is InChI=1S/C15H34N2/c1-13(2)10-17(11-14(3)4)9-7-8-15(5,6)12-16/h13-14H,7-12,16H2,1-6H3.